The quantitative estimate of drug-likeness (QED) is 0.315. The first-order valence-electron chi connectivity index (χ1n) is 8.30. The molecule has 0 aliphatic carbocycles. The van der Waals surface area contributed by atoms with Crippen LogP contribution in [0, 0.1) is 0 Å². The zero-order chi connectivity index (χ0) is 20.3. The zero-order valence-corrected chi connectivity index (χ0v) is 17.1. The molecule has 0 amide bonds. The van der Waals surface area contributed by atoms with Gasteiger partial charge >= 0.3 is 7.67 Å². The molecule has 3 heterocycles. The van der Waals surface area contributed by atoms with Crippen molar-refractivity contribution in [2.75, 3.05) is 37.2 Å². The molecule has 5 N–H and O–H groups in total. The first-order valence-corrected chi connectivity index (χ1v) is 11.0. The third kappa shape index (κ3) is 4.25. The van der Waals surface area contributed by atoms with E-state index in [1.165, 1.54) is 17.3 Å². The second-order valence-electron chi connectivity index (χ2n) is 5.89. The Morgan fingerprint density at radius 2 is 2.04 bits per heavy atom. The van der Waals surface area contributed by atoms with E-state index in [1.54, 1.807) is 10.6 Å². The van der Waals surface area contributed by atoms with E-state index < -0.39 is 26.6 Å². The maximum Gasteiger partial charge on any atom is 0.365 e. The Morgan fingerprint density at radius 1 is 1.32 bits per heavy atom. The predicted molar refractivity (Wildman–Crippen MR) is 105 cm³/mol. The van der Waals surface area contributed by atoms with Crippen molar-refractivity contribution in [3.63, 3.8) is 0 Å². The third-order valence-electron chi connectivity index (χ3n) is 4.14. The summed E-state index contributed by atoms with van der Waals surface area (Å²) in [6.45, 7) is -0.0678. The minimum absolute atomic E-state index is 0.160. The number of hydrogen-bond acceptors (Lipinski definition) is 7. The average molecular weight is 452 g/mol. The molecule has 1 aliphatic rings. The van der Waals surface area contributed by atoms with Crippen LogP contribution < -0.4 is 10.8 Å². The molecule has 0 aromatic carbocycles. The molecule has 0 radical (unpaired) electrons. The van der Waals surface area contributed by atoms with Crippen LogP contribution in [0.4, 0.5) is 5.82 Å². The number of hydrogen-bond donors (Lipinski definition) is 4. The van der Waals surface area contributed by atoms with Crippen molar-refractivity contribution >= 4 is 47.9 Å². The number of imidazole rings is 1. The van der Waals surface area contributed by atoms with Gasteiger partial charge in [-0.1, -0.05) is 0 Å². The first-order chi connectivity index (χ1) is 13.4. The first kappa shape index (κ1) is 21.3. The molecule has 28 heavy (non-hydrogen) atoms. The zero-order valence-electron chi connectivity index (χ0n) is 14.6. The Kier molecular flexibility index (Phi) is 6.77. The molecule has 0 fully saturated rings. The number of fused-ring (bicyclic) bond motifs is 1. The molecule has 0 saturated carbocycles. The van der Waals surface area contributed by atoms with Gasteiger partial charge < -0.3 is 25.6 Å². The van der Waals surface area contributed by atoms with Crippen molar-refractivity contribution in [3.05, 3.63) is 24.4 Å². The van der Waals surface area contributed by atoms with Crippen molar-refractivity contribution in [1.82, 2.24) is 29.3 Å². The van der Waals surface area contributed by atoms with Crippen LogP contribution in [-0.4, -0.2) is 71.7 Å². The highest BCUT2D eigenvalue weighted by Gasteiger charge is 2.35. The van der Waals surface area contributed by atoms with E-state index in [9.17, 15) is 14.6 Å². The Hall–Kier alpha value is -1.46. The van der Waals surface area contributed by atoms with Gasteiger partial charge in [0.05, 0.1) is 18.6 Å². The smallest absolute Gasteiger partial charge is 0.365 e. The molecule has 11 nitrogen and oxygen atoms in total. The van der Waals surface area contributed by atoms with E-state index in [0.29, 0.717) is 11.2 Å². The van der Waals surface area contributed by atoms with Gasteiger partial charge in [0.15, 0.2) is 17.7 Å². The lowest BCUT2D eigenvalue weighted by atomic mass is 10.3. The summed E-state index contributed by atoms with van der Waals surface area (Å²) < 4.78 is 21.4. The van der Waals surface area contributed by atoms with Gasteiger partial charge in [-0.2, -0.15) is 0 Å². The van der Waals surface area contributed by atoms with E-state index >= 15 is 0 Å². The molecule has 3 atom stereocenters. The van der Waals surface area contributed by atoms with Crippen molar-refractivity contribution < 1.29 is 19.3 Å². The van der Waals surface area contributed by atoms with E-state index in [4.69, 9.17) is 33.7 Å². The number of nitrogens with two attached hydrogens (primary N) is 1. The summed E-state index contributed by atoms with van der Waals surface area (Å²) in [5.41, 5.74) is 6.89. The van der Waals surface area contributed by atoms with Gasteiger partial charge in [0.2, 0.25) is 0 Å². The summed E-state index contributed by atoms with van der Waals surface area (Å²) in [5.74, 6) is 0.542. The van der Waals surface area contributed by atoms with Crippen molar-refractivity contribution in [3.8, 4) is 0 Å². The van der Waals surface area contributed by atoms with Crippen LogP contribution in [0.5, 0.6) is 0 Å². The summed E-state index contributed by atoms with van der Waals surface area (Å²) in [6, 6.07) is 0. The molecule has 0 bridgehead atoms. The molecular weight excluding hydrogens is 432 g/mol. The second kappa shape index (κ2) is 8.91. The fraction of sp³-hybridized carbons (Fsp3) is 0.500. The maximum atomic E-state index is 12.8. The Labute approximate surface area is 170 Å². The Bertz CT molecular complexity index is 905. The van der Waals surface area contributed by atoms with Gasteiger partial charge in [0, 0.05) is 24.8 Å². The largest absolute Gasteiger partial charge is 0.393 e. The monoisotopic (exact) mass is 451 g/mol. The number of aromatic nitrogens is 4. The lowest BCUT2D eigenvalue weighted by Gasteiger charge is -2.28. The minimum Gasteiger partial charge on any atom is -0.393 e. The van der Waals surface area contributed by atoms with Crippen LogP contribution in [0.25, 0.3) is 11.2 Å². The Balaban J connectivity index is 1.87. The van der Waals surface area contributed by atoms with Crippen molar-refractivity contribution in [2.45, 2.75) is 12.3 Å². The number of anilines is 1. The standard InChI is InChI=1S/C14H20Cl2N7O4P/c15-1-3-22(4-2-16)28(25,26)21-9-5-11(27-10(9)6-24)23-8-20-12-13(17)18-7-19-14(12)23/h5,7-8,10-11,24H,1-4,6H2,(H2,17,18,19)(H2,21,25,26)/t10-,11-/m1/s1. The van der Waals surface area contributed by atoms with Crippen LogP contribution in [-0.2, 0) is 9.30 Å². The van der Waals surface area contributed by atoms with Crippen LogP contribution in [0.15, 0.2) is 24.4 Å². The number of ether oxygens (including phenoxy) is 1. The van der Waals surface area contributed by atoms with Gasteiger partial charge in [0.1, 0.15) is 17.9 Å². The van der Waals surface area contributed by atoms with Gasteiger partial charge in [-0.25, -0.2) is 24.2 Å². The summed E-state index contributed by atoms with van der Waals surface area (Å²) >= 11 is 11.4. The van der Waals surface area contributed by atoms with Crippen molar-refractivity contribution in [2.24, 2.45) is 0 Å². The summed E-state index contributed by atoms with van der Waals surface area (Å²) in [5, 5.41) is 12.2. The molecule has 154 valence electrons. The van der Waals surface area contributed by atoms with Gasteiger partial charge in [-0.05, 0) is 6.08 Å². The molecule has 3 rings (SSSR count). The molecule has 2 aromatic heterocycles. The van der Waals surface area contributed by atoms with E-state index in [1.807, 2.05) is 0 Å². The summed E-state index contributed by atoms with van der Waals surface area (Å²) in [6.07, 6.45) is 2.79. The highest BCUT2D eigenvalue weighted by Crippen LogP contribution is 2.43. The number of halogens is 2. The van der Waals surface area contributed by atoms with Gasteiger partial charge in [-0.15, -0.1) is 23.2 Å². The normalized spacial score (nSPS) is 21.8. The lowest BCUT2D eigenvalue weighted by molar-refractivity contribution is -0.0113. The van der Waals surface area contributed by atoms with Gasteiger partial charge in [0.25, 0.3) is 0 Å². The van der Waals surface area contributed by atoms with E-state index in [-0.39, 0.29) is 36.4 Å². The molecular formula is C14H20Cl2N7O4P. The SMILES string of the molecule is Nc1ncnc2c1ncn2[C@H]1C=C(NP(=O)(O)N(CCCl)CCCl)[C@@H](CO)O1. The number of aliphatic hydroxyl groups is 1. The van der Waals surface area contributed by atoms with Crippen LogP contribution in [0.1, 0.15) is 6.23 Å². The van der Waals surface area contributed by atoms with Crippen LogP contribution in [0.2, 0.25) is 0 Å². The van der Waals surface area contributed by atoms with Crippen LogP contribution >= 0.6 is 30.9 Å². The third-order valence-corrected chi connectivity index (χ3v) is 6.20. The fourth-order valence-corrected chi connectivity index (χ4v) is 4.89. The van der Waals surface area contributed by atoms with Gasteiger partial charge in [-0.3, -0.25) is 4.57 Å². The van der Waals surface area contributed by atoms with Crippen LogP contribution in [0.3, 0.4) is 0 Å². The summed E-state index contributed by atoms with van der Waals surface area (Å²) in [7, 11) is -4.01. The predicted octanol–water partition coefficient (Wildman–Crippen LogP) is 0.652. The lowest BCUT2D eigenvalue weighted by Crippen LogP contribution is -2.33. The molecule has 0 spiro atoms. The number of alkyl halides is 2. The maximum absolute atomic E-state index is 12.8. The minimum atomic E-state index is -4.01. The highest BCUT2D eigenvalue weighted by molar-refractivity contribution is 7.53. The molecule has 2 aromatic rings. The number of nitrogen functional groups attached to an aromatic ring is 1. The topological polar surface area (TPSA) is 152 Å². The molecule has 0 saturated heterocycles. The molecule has 1 unspecified atom stereocenters. The number of nitrogens with zero attached hydrogens (tertiary/aromatic N) is 5. The second-order valence-corrected chi connectivity index (χ2v) is 8.52. The number of aliphatic hydroxyl groups excluding tert-OH is 1. The van der Waals surface area contributed by atoms with E-state index in [0.717, 1.165) is 0 Å². The molecule has 14 heteroatoms. The Morgan fingerprint density at radius 3 is 2.68 bits per heavy atom. The average Bonchev–Trinajstić information content (AvgIpc) is 3.25. The number of rotatable bonds is 9. The molecule has 1 aliphatic heterocycles. The summed E-state index contributed by atoms with van der Waals surface area (Å²) in [4.78, 5) is 22.7. The number of nitrogens with one attached hydrogen (secondary N) is 1. The van der Waals surface area contributed by atoms with E-state index in [2.05, 4.69) is 20.0 Å². The van der Waals surface area contributed by atoms with Crippen molar-refractivity contribution in [1.29, 1.82) is 0 Å². The fourth-order valence-electron chi connectivity index (χ4n) is 2.81. The highest BCUT2D eigenvalue weighted by atomic mass is 35.5.